The summed E-state index contributed by atoms with van der Waals surface area (Å²) in [6.07, 6.45) is 1.21. The van der Waals surface area contributed by atoms with E-state index < -0.39 is 24.3 Å². The van der Waals surface area contributed by atoms with Gasteiger partial charge in [-0.05, 0) is 57.7 Å². The van der Waals surface area contributed by atoms with E-state index in [0.717, 1.165) is 6.42 Å². The van der Waals surface area contributed by atoms with Crippen LogP contribution in [-0.4, -0.2) is 55.4 Å². The van der Waals surface area contributed by atoms with Crippen LogP contribution in [0.1, 0.15) is 39.2 Å². The largest absolute Gasteiger partial charge is 0.493 e. The van der Waals surface area contributed by atoms with Crippen molar-refractivity contribution in [2.24, 2.45) is 0 Å². The maximum atomic E-state index is 12.5. The normalized spacial score (nSPS) is 16.7. The van der Waals surface area contributed by atoms with Gasteiger partial charge >= 0.3 is 12.7 Å². The molecule has 1 aliphatic rings. The van der Waals surface area contributed by atoms with E-state index in [1.54, 1.807) is 26.8 Å². The fourth-order valence-corrected chi connectivity index (χ4v) is 3.09. The van der Waals surface area contributed by atoms with E-state index in [2.05, 4.69) is 10.1 Å². The summed E-state index contributed by atoms with van der Waals surface area (Å²) in [5, 5.41) is 2.80. The van der Waals surface area contributed by atoms with Crippen LogP contribution in [-0.2, 0) is 16.0 Å². The molecule has 1 atom stereocenters. The Bertz CT molecular complexity index is 721. The molecule has 0 bridgehead atoms. The number of methoxy groups -OCH3 is 1. The number of nitrogens with one attached hydrogen (secondary N) is 1. The van der Waals surface area contributed by atoms with Crippen molar-refractivity contribution < 1.29 is 32.6 Å². The first kappa shape index (κ1) is 22.7. The molecule has 1 aromatic rings. The van der Waals surface area contributed by atoms with Crippen LogP contribution in [0.4, 0.5) is 13.6 Å². The molecule has 1 saturated heterocycles. The van der Waals surface area contributed by atoms with Gasteiger partial charge in [0.1, 0.15) is 11.6 Å². The Morgan fingerprint density at radius 2 is 2.00 bits per heavy atom. The highest BCUT2D eigenvalue weighted by Gasteiger charge is 2.36. The summed E-state index contributed by atoms with van der Waals surface area (Å²) in [7, 11) is 1.37. The van der Waals surface area contributed by atoms with Crippen molar-refractivity contribution in [1.29, 1.82) is 0 Å². The number of halogens is 2. The highest BCUT2D eigenvalue weighted by atomic mass is 19.3. The molecule has 0 saturated carbocycles. The lowest BCUT2D eigenvalue weighted by molar-refractivity contribution is -0.125. The van der Waals surface area contributed by atoms with Gasteiger partial charge in [-0.3, -0.25) is 9.69 Å². The van der Waals surface area contributed by atoms with Crippen LogP contribution in [0.25, 0.3) is 0 Å². The monoisotopic (exact) mass is 414 g/mol. The summed E-state index contributed by atoms with van der Waals surface area (Å²) in [5.41, 5.74) is 0.0738. The Hall–Kier alpha value is -2.58. The molecule has 0 unspecified atom stereocenters. The van der Waals surface area contributed by atoms with E-state index in [1.165, 1.54) is 24.1 Å². The number of likely N-dealkylation sites (tertiary alicyclic amines) is 1. The molecule has 1 fully saturated rings. The van der Waals surface area contributed by atoms with Gasteiger partial charge < -0.3 is 19.5 Å². The van der Waals surface area contributed by atoms with Gasteiger partial charge in [0.15, 0.2) is 11.5 Å². The third-order valence-electron chi connectivity index (χ3n) is 4.34. The number of rotatable bonds is 7. The summed E-state index contributed by atoms with van der Waals surface area (Å²) in [5.74, 6) is -0.110. The van der Waals surface area contributed by atoms with Crippen molar-refractivity contribution in [1.82, 2.24) is 10.2 Å². The molecule has 7 nitrogen and oxygen atoms in total. The molecule has 0 aromatic heterocycles. The number of carbonyl (C=O) groups is 2. The van der Waals surface area contributed by atoms with Gasteiger partial charge in [-0.25, -0.2) is 4.79 Å². The summed E-state index contributed by atoms with van der Waals surface area (Å²) < 4.78 is 39.9. The van der Waals surface area contributed by atoms with Crippen LogP contribution in [0.3, 0.4) is 0 Å². The fourth-order valence-electron chi connectivity index (χ4n) is 3.09. The van der Waals surface area contributed by atoms with Crippen LogP contribution >= 0.6 is 0 Å². The SMILES string of the molecule is COc1ccc(CCNC(=O)[C@@H]2CCCN2C(=O)OC(C)(C)C)cc1OC(F)F. The van der Waals surface area contributed by atoms with Gasteiger partial charge in [0.25, 0.3) is 0 Å². The number of benzene rings is 1. The number of carbonyl (C=O) groups excluding carboxylic acids is 2. The first-order chi connectivity index (χ1) is 13.6. The molecule has 0 radical (unpaired) electrons. The van der Waals surface area contributed by atoms with E-state index in [1.807, 2.05) is 0 Å². The third-order valence-corrected chi connectivity index (χ3v) is 4.34. The standard InChI is InChI=1S/C20H28F2N2O5/c1-20(2,3)29-19(26)24-11-5-6-14(24)17(25)23-10-9-13-7-8-15(27-4)16(12-13)28-18(21)22/h7-8,12,14,18H,5-6,9-11H2,1-4H3,(H,23,25)/t14-/m0/s1. The number of hydrogen-bond acceptors (Lipinski definition) is 5. The minimum atomic E-state index is -2.96. The second-order valence-electron chi connectivity index (χ2n) is 7.74. The number of nitrogens with zero attached hydrogens (tertiary/aromatic N) is 1. The van der Waals surface area contributed by atoms with Gasteiger partial charge in [0.2, 0.25) is 5.91 Å². The molecule has 1 N–H and O–H groups in total. The average molecular weight is 414 g/mol. The van der Waals surface area contributed by atoms with Gasteiger partial charge in [-0.2, -0.15) is 8.78 Å². The molecule has 0 spiro atoms. The lowest BCUT2D eigenvalue weighted by Crippen LogP contribution is -2.47. The van der Waals surface area contributed by atoms with Crippen LogP contribution in [0, 0.1) is 0 Å². The van der Waals surface area contributed by atoms with E-state index in [-0.39, 0.29) is 24.0 Å². The number of ether oxygens (including phenoxy) is 3. The minimum absolute atomic E-state index is 0.0572. The van der Waals surface area contributed by atoms with E-state index >= 15 is 0 Å². The first-order valence-electron chi connectivity index (χ1n) is 9.50. The quantitative estimate of drug-likeness (QED) is 0.740. The Morgan fingerprint density at radius 3 is 2.62 bits per heavy atom. The molecule has 1 heterocycles. The molecule has 29 heavy (non-hydrogen) atoms. The molecule has 0 aliphatic carbocycles. The van der Waals surface area contributed by atoms with Crippen molar-refractivity contribution in [2.45, 2.75) is 58.3 Å². The smallest absolute Gasteiger partial charge is 0.410 e. The van der Waals surface area contributed by atoms with E-state index in [4.69, 9.17) is 9.47 Å². The molecular weight excluding hydrogens is 386 g/mol. The molecule has 9 heteroatoms. The summed E-state index contributed by atoms with van der Waals surface area (Å²) in [6.45, 7) is 3.13. The zero-order chi connectivity index (χ0) is 21.6. The summed E-state index contributed by atoms with van der Waals surface area (Å²) in [6, 6.07) is 4.14. The van der Waals surface area contributed by atoms with E-state index in [9.17, 15) is 18.4 Å². The van der Waals surface area contributed by atoms with Gasteiger partial charge in [-0.15, -0.1) is 0 Å². The van der Waals surface area contributed by atoms with Gasteiger partial charge in [0.05, 0.1) is 7.11 Å². The number of amides is 2. The third kappa shape index (κ3) is 6.76. The maximum absolute atomic E-state index is 12.5. The minimum Gasteiger partial charge on any atom is -0.493 e. The number of hydrogen-bond donors (Lipinski definition) is 1. The summed E-state index contributed by atoms with van der Waals surface area (Å²) in [4.78, 5) is 26.3. The lowest BCUT2D eigenvalue weighted by atomic mass is 10.1. The molecule has 2 rings (SSSR count). The lowest BCUT2D eigenvalue weighted by Gasteiger charge is -2.28. The van der Waals surface area contributed by atoms with Gasteiger partial charge in [0, 0.05) is 13.1 Å². The topological polar surface area (TPSA) is 77.1 Å². The molecule has 1 aliphatic heterocycles. The Kier molecular flexibility index (Phi) is 7.64. The van der Waals surface area contributed by atoms with Crippen molar-refractivity contribution in [3.05, 3.63) is 23.8 Å². The molecular formula is C20H28F2N2O5. The fraction of sp³-hybridized carbons (Fsp3) is 0.600. The Balaban J connectivity index is 1.91. The highest BCUT2D eigenvalue weighted by molar-refractivity contribution is 5.86. The van der Waals surface area contributed by atoms with E-state index in [0.29, 0.717) is 24.9 Å². The van der Waals surface area contributed by atoms with Crippen LogP contribution < -0.4 is 14.8 Å². The predicted octanol–water partition coefficient (Wildman–Crippen LogP) is 3.35. The Labute approximate surface area is 169 Å². The number of alkyl halides is 2. The van der Waals surface area contributed by atoms with Crippen molar-refractivity contribution in [3.63, 3.8) is 0 Å². The molecule has 162 valence electrons. The van der Waals surface area contributed by atoms with Crippen LogP contribution in [0.2, 0.25) is 0 Å². The van der Waals surface area contributed by atoms with Crippen molar-refractivity contribution >= 4 is 12.0 Å². The first-order valence-corrected chi connectivity index (χ1v) is 9.50. The average Bonchev–Trinajstić information content (AvgIpc) is 3.10. The maximum Gasteiger partial charge on any atom is 0.410 e. The molecule has 2 amide bonds. The van der Waals surface area contributed by atoms with Crippen LogP contribution in [0.5, 0.6) is 11.5 Å². The summed E-state index contributed by atoms with van der Waals surface area (Å²) >= 11 is 0. The highest BCUT2D eigenvalue weighted by Crippen LogP contribution is 2.29. The van der Waals surface area contributed by atoms with Crippen LogP contribution in [0.15, 0.2) is 18.2 Å². The predicted molar refractivity (Wildman–Crippen MR) is 102 cm³/mol. The van der Waals surface area contributed by atoms with Crippen molar-refractivity contribution in [2.75, 3.05) is 20.2 Å². The second-order valence-corrected chi connectivity index (χ2v) is 7.74. The zero-order valence-electron chi connectivity index (χ0n) is 17.2. The zero-order valence-corrected chi connectivity index (χ0v) is 17.2. The second kappa shape index (κ2) is 9.76. The van der Waals surface area contributed by atoms with Crippen molar-refractivity contribution in [3.8, 4) is 11.5 Å². The van der Waals surface area contributed by atoms with Gasteiger partial charge in [-0.1, -0.05) is 6.07 Å². The Morgan fingerprint density at radius 1 is 1.28 bits per heavy atom. The molecule has 1 aromatic carbocycles.